The van der Waals surface area contributed by atoms with Gasteiger partial charge in [0, 0.05) is 11.0 Å². The molecule has 0 heterocycles. The highest BCUT2D eigenvalue weighted by Crippen LogP contribution is 2.39. The van der Waals surface area contributed by atoms with Crippen molar-refractivity contribution < 1.29 is 4.79 Å². The largest absolute Gasteiger partial charge is 0.345 e. The summed E-state index contributed by atoms with van der Waals surface area (Å²) in [6.45, 7) is 2.43. The van der Waals surface area contributed by atoms with E-state index < -0.39 is 0 Å². The molecular weight excluding hydrogens is 316 g/mol. The molecule has 0 aromatic heterocycles. The lowest BCUT2D eigenvalue weighted by molar-refractivity contribution is 0.0898. The number of carbonyl (C=O) groups is 1. The third-order valence-corrected chi connectivity index (χ3v) is 4.30. The van der Waals surface area contributed by atoms with Crippen molar-refractivity contribution >= 4 is 33.4 Å². The lowest BCUT2D eigenvalue weighted by atomic mass is 9.95. The van der Waals surface area contributed by atoms with Crippen molar-refractivity contribution in [1.82, 2.24) is 5.32 Å². The Morgan fingerprint density at radius 1 is 1.61 bits per heavy atom. The normalized spacial score (nSPS) is 18.2. The van der Waals surface area contributed by atoms with Gasteiger partial charge in [0.15, 0.2) is 0 Å². The predicted molar refractivity (Wildman–Crippen MR) is 76.8 cm³/mol. The van der Waals surface area contributed by atoms with E-state index in [-0.39, 0.29) is 11.4 Å². The fraction of sp³-hybridized carbons (Fsp3) is 0.462. The number of rotatable bonds is 4. The van der Waals surface area contributed by atoms with Crippen molar-refractivity contribution in [2.45, 2.75) is 25.3 Å². The molecule has 98 valence electrons. The summed E-state index contributed by atoms with van der Waals surface area (Å²) in [6, 6.07) is 5.24. The van der Waals surface area contributed by atoms with E-state index in [9.17, 15) is 4.79 Å². The first-order valence-corrected chi connectivity index (χ1v) is 7.11. The summed E-state index contributed by atoms with van der Waals surface area (Å²) in [5.74, 6) is 0.318. The summed E-state index contributed by atoms with van der Waals surface area (Å²) in [7, 11) is 0. The smallest absolute Gasteiger partial charge is 0.253 e. The fourth-order valence-corrected chi connectivity index (χ4v) is 2.60. The van der Waals surface area contributed by atoms with Gasteiger partial charge >= 0.3 is 0 Å². The minimum Gasteiger partial charge on any atom is -0.345 e. The van der Waals surface area contributed by atoms with E-state index in [0.29, 0.717) is 23.0 Å². The number of hydrogen-bond acceptors (Lipinski definition) is 2. The second-order valence-electron chi connectivity index (χ2n) is 4.97. The topological polar surface area (TPSA) is 55.1 Å². The van der Waals surface area contributed by atoms with Crippen LogP contribution >= 0.6 is 27.5 Å². The molecule has 1 unspecified atom stereocenters. The minimum atomic E-state index is -0.331. The van der Waals surface area contributed by atoms with Crippen molar-refractivity contribution in [3.8, 4) is 0 Å². The summed E-state index contributed by atoms with van der Waals surface area (Å²) in [5, 5.41) is 3.47. The molecule has 5 heteroatoms. The zero-order chi connectivity index (χ0) is 13.3. The first-order chi connectivity index (χ1) is 8.46. The molecular formula is C13H16BrClN2O. The first-order valence-electron chi connectivity index (χ1n) is 5.94. The molecule has 1 aromatic rings. The second kappa shape index (κ2) is 5.19. The average Bonchev–Trinajstić information content (AvgIpc) is 3.16. The molecule has 0 spiro atoms. The number of amides is 1. The van der Waals surface area contributed by atoms with Crippen LogP contribution in [0.1, 0.15) is 30.1 Å². The third kappa shape index (κ3) is 2.87. The molecule has 3 N–H and O–H groups in total. The molecule has 0 bridgehead atoms. The zero-order valence-corrected chi connectivity index (χ0v) is 12.5. The van der Waals surface area contributed by atoms with Crippen LogP contribution in [-0.4, -0.2) is 18.0 Å². The molecule has 3 nitrogen and oxygen atoms in total. The van der Waals surface area contributed by atoms with E-state index in [2.05, 4.69) is 21.2 Å². The average molecular weight is 332 g/mol. The molecule has 1 saturated carbocycles. The molecule has 18 heavy (non-hydrogen) atoms. The molecule has 1 aromatic carbocycles. The molecule has 1 aliphatic carbocycles. The molecule has 2 rings (SSSR count). The second-order valence-corrected chi connectivity index (χ2v) is 6.30. The van der Waals surface area contributed by atoms with Gasteiger partial charge in [-0.05, 0) is 43.9 Å². The lowest BCUT2D eigenvalue weighted by Gasteiger charge is -2.29. The lowest BCUT2D eigenvalue weighted by Crippen LogP contribution is -2.53. The quantitative estimate of drug-likeness (QED) is 0.891. The Hall–Kier alpha value is -0.580. The van der Waals surface area contributed by atoms with Crippen LogP contribution in [0, 0.1) is 5.92 Å². The van der Waals surface area contributed by atoms with Crippen molar-refractivity contribution in [3.05, 3.63) is 33.3 Å². The van der Waals surface area contributed by atoms with Gasteiger partial charge in [0.25, 0.3) is 5.91 Å². The summed E-state index contributed by atoms with van der Waals surface area (Å²) in [5.41, 5.74) is 5.93. The molecule has 0 radical (unpaired) electrons. The molecule has 0 aliphatic heterocycles. The van der Waals surface area contributed by atoms with Gasteiger partial charge in [-0.15, -0.1) is 0 Å². The van der Waals surface area contributed by atoms with Gasteiger partial charge in [-0.3, -0.25) is 4.79 Å². The number of carbonyl (C=O) groups excluding carboxylic acids is 1. The molecule has 0 saturated heterocycles. The van der Waals surface area contributed by atoms with Crippen LogP contribution in [0.4, 0.5) is 0 Å². The van der Waals surface area contributed by atoms with E-state index in [1.807, 2.05) is 13.0 Å². The van der Waals surface area contributed by atoms with Gasteiger partial charge in [0.2, 0.25) is 0 Å². The first kappa shape index (κ1) is 13.8. The van der Waals surface area contributed by atoms with Crippen LogP contribution in [0.25, 0.3) is 0 Å². The Bertz CT molecular complexity index is 476. The highest BCUT2D eigenvalue weighted by Gasteiger charge is 2.41. The maximum atomic E-state index is 12.3. The van der Waals surface area contributed by atoms with Crippen molar-refractivity contribution in [2.24, 2.45) is 11.7 Å². The van der Waals surface area contributed by atoms with Crippen molar-refractivity contribution in [1.29, 1.82) is 0 Å². The van der Waals surface area contributed by atoms with Crippen LogP contribution in [0.5, 0.6) is 0 Å². The standard InChI is InChI=1S/C13H16BrClN2O/c1-13(7-16,8-2-3-8)17-12(18)10-6-9(14)4-5-11(10)15/h4-6,8H,2-3,7,16H2,1H3,(H,17,18). The van der Waals surface area contributed by atoms with Gasteiger partial charge in [-0.2, -0.15) is 0 Å². The van der Waals surface area contributed by atoms with E-state index in [4.69, 9.17) is 17.3 Å². The SMILES string of the molecule is CC(CN)(NC(=O)c1cc(Br)ccc1Cl)C1CC1. The Balaban J connectivity index is 2.18. The summed E-state index contributed by atoms with van der Waals surface area (Å²) in [6.07, 6.45) is 2.25. The highest BCUT2D eigenvalue weighted by atomic mass is 79.9. The predicted octanol–water partition coefficient (Wildman–Crippen LogP) is 2.96. The van der Waals surface area contributed by atoms with Crippen molar-refractivity contribution in [3.63, 3.8) is 0 Å². The van der Waals surface area contributed by atoms with E-state index in [1.165, 1.54) is 0 Å². The third-order valence-electron chi connectivity index (χ3n) is 3.47. The minimum absolute atomic E-state index is 0.166. The number of halogens is 2. The van der Waals surface area contributed by atoms with Gasteiger partial charge < -0.3 is 11.1 Å². The van der Waals surface area contributed by atoms with Gasteiger partial charge in [-0.1, -0.05) is 27.5 Å². The number of nitrogens with two attached hydrogens (primary N) is 1. The molecule has 1 fully saturated rings. The Morgan fingerprint density at radius 3 is 2.83 bits per heavy atom. The Morgan fingerprint density at radius 2 is 2.28 bits per heavy atom. The van der Waals surface area contributed by atoms with Crippen LogP contribution in [0.3, 0.4) is 0 Å². The fourth-order valence-electron chi connectivity index (χ4n) is 2.04. The number of nitrogens with one attached hydrogen (secondary N) is 1. The molecule has 1 atom stereocenters. The van der Waals surface area contributed by atoms with E-state index in [0.717, 1.165) is 17.3 Å². The Labute approximate surface area is 120 Å². The van der Waals surface area contributed by atoms with Gasteiger partial charge in [0.05, 0.1) is 16.1 Å². The number of benzene rings is 1. The highest BCUT2D eigenvalue weighted by molar-refractivity contribution is 9.10. The van der Waals surface area contributed by atoms with Crippen LogP contribution in [0.15, 0.2) is 22.7 Å². The summed E-state index contributed by atoms with van der Waals surface area (Å²) in [4.78, 5) is 12.3. The summed E-state index contributed by atoms with van der Waals surface area (Å²) >= 11 is 9.38. The maximum absolute atomic E-state index is 12.3. The van der Waals surface area contributed by atoms with Crippen LogP contribution in [0.2, 0.25) is 5.02 Å². The monoisotopic (exact) mass is 330 g/mol. The zero-order valence-electron chi connectivity index (χ0n) is 10.2. The Kier molecular flexibility index (Phi) is 3.99. The van der Waals surface area contributed by atoms with Crippen molar-refractivity contribution in [2.75, 3.05) is 6.54 Å². The van der Waals surface area contributed by atoms with Gasteiger partial charge in [0.1, 0.15) is 0 Å². The van der Waals surface area contributed by atoms with E-state index >= 15 is 0 Å². The van der Waals surface area contributed by atoms with Crippen LogP contribution < -0.4 is 11.1 Å². The van der Waals surface area contributed by atoms with E-state index in [1.54, 1.807) is 12.1 Å². The van der Waals surface area contributed by atoms with Gasteiger partial charge in [-0.25, -0.2) is 0 Å². The summed E-state index contributed by atoms with van der Waals surface area (Å²) < 4.78 is 0.831. The van der Waals surface area contributed by atoms with Crippen LogP contribution in [-0.2, 0) is 0 Å². The number of hydrogen-bond donors (Lipinski definition) is 2. The molecule has 1 aliphatic rings. The maximum Gasteiger partial charge on any atom is 0.253 e. The molecule has 1 amide bonds.